The molecule has 112 valence electrons. The number of benzene rings is 2. The number of hydrogen-bond donors (Lipinski definition) is 0. The molecule has 0 aliphatic rings. The smallest absolute Gasteiger partial charge is 0.208 e. The summed E-state index contributed by atoms with van der Waals surface area (Å²) in [6.45, 7) is 4.85. The summed E-state index contributed by atoms with van der Waals surface area (Å²) in [5.41, 5.74) is 4.64. The fourth-order valence-electron chi connectivity index (χ4n) is 2.40. The van der Waals surface area contributed by atoms with Gasteiger partial charge in [-0.05, 0) is 48.9 Å². The van der Waals surface area contributed by atoms with Crippen LogP contribution in [0.1, 0.15) is 16.7 Å². The molecule has 0 amide bonds. The van der Waals surface area contributed by atoms with Crippen LogP contribution in [-0.2, 0) is 6.54 Å². The van der Waals surface area contributed by atoms with Crippen LogP contribution >= 0.6 is 11.8 Å². The maximum absolute atomic E-state index is 8.96. The van der Waals surface area contributed by atoms with E-state index in [1.54, 1.807) is 0 Å². The molecule has 0 saturated heterocycles. The van der Waals surface area contributed by atoms with E-state index in [9.17, 15) is 0 Å². The maximum atomic E-state index is 8.96. The van der Waals surface area contributed by atoms with Crippen molar-refractivity contribution in [2.75, 3.05) is 11.2 Å². The number of amidine groups is 1. The standard InChI is InChI=1S/C18H19N3S/c1-14-9-15(2)11-17(10-14)21(18(22-3)20-13-19)12-16-7-5-4-6-8-16/h4-11H,12H2,1-3H3. The second kappa shape index (κ2) is 7.67. The first-order valence-electron chi connectivity index (χ1n) is 7.04. The van der Waals surface area contributed by atoms with Crippen LogP contribution in [0, 0.1) is 25.3 Å². The van der Waals surface area contributed by atoms with Gasteiger partial charge >= 0.3 is 0 Å². The molecule has 0 aliphatic carbocycles. The van der Waals surface area contributed by atoms with E-state index in [0.717, 1.165) is 5.69 Å². The van der Waals surface area contributed by atoms with E-state index in [2.05, 4.69) is 54.1 Å². The van der Waals surface area contributed by atoms with Crippen LogP contribution in [0.5, 0.6) is 0 Å². The molecule has 0 heterocycles. The first-order valence-corrected chi connectivity index (χ1v) is 8.27. The van der Waals surface area contributed by atoms with Crippen molar-refractivity contribution >= 4 is 22.6 Å². The maximum Gasteiger partial charge on any atom is 0.208 e. The number of nitriles is 1. The van der Waals surface area contributed by atoms with Gasteiger partial charge in [-0.2, -0.15) is 5.26 Å². The van der Waals surface area contributed by atoms with Gasteiger partial charge in [0.15, 0.2) is 5.17 Å². The molecule has 0 spiro atoms. The van der Waals surface area contributed by atoms with E-state index < -0.39 is 0 Å². The Morgan fingerprint density at radius 3 is 2.32 bits per heavy atom. The number of hydrogen-bond acceptors (Lipinski definition) is 3. The molecule has 0 unspecified atom stereocenters. The Hall–Kier alpha value is -2.25. The third-order valence-corrected chi connectivity index (χ3v) is 3.94. The average molecular weight is 309 g/mol. The fourth-order valence-corrected chi connectivity index (χ4v) is 2.92. The largest absolute Gasteiger partial charge is 0.316 e. The molecule has 4 heteroatoms. The molecule has 0 aromatic heterocycles. The Kier molecular flexibility index (Phi) is 5.62. The number of aliphatic imine (C=N–C) groups is 1. The molecule has 3 nitrogen and oxygen atoms in total. The SMILES string of the molecule is CSC(=NC#N)N(Cc1ccccc1)c1cc(C)cc(C)c1. The van der Waals surface area contributed by atoms with Gasteiger partial charge in [-0.15, -0.1) is 4.99 Å². The summed E-state index contributed by atoms with van der Waals surface area (Å²) >= 11 is 1.48. The Morgan fingerprint density at radius 1 is 1.14 bits per heavy atom. The van der Waals surface area contributed by atoms with E-state index in [-0.39, 0.29) is 0 Å². The van der Waals surface area contributed by atoms with Crippen LogP contribution in [0.4, 0.5) is 5.69 Å². The van der Waals surface area contributed by atoms with Gasteiger partial charge < -0.3 is 4.90 Å². The van der Waals surface area contributed by atoms with Crippen molar-refractivity contribution in [1.82, 2.24) is 0 Å². The predicted molar refractivity (Wildman–Crippen MR) is 95.1 cm³/mol. The fraction of sp³-hybridized carbons (Fsp3) is 0.222. The summed E-state index contributed by atoms with van der Waals surface area (Å²) in [6.07, 6.45) is 3.85. The quantitative estimate of drug-likeness (QED) is 0.476. The molecular weight excluding hydrogens is 290 g/mol. The van der Waals surface area contributed by atoms with Crippen LogP contribution in [0.2, 0.25) is 0 Å². The molecular formula is C18H19N3S. The van der Waals surface area contributed by atoms with Gasteiger partial charge in [0.2, 0.25) is 6.19 Å². The molecule has 0 atom stereocenters. The van der Waals surface area contributed by atoms with Crippen molar-refractivity contribution in [3.63, 3.8) is 0 Å². The van der Waals surface area contributed by atoms with Crippen molar-refractivity contribution in [3.8, 4) is 6.19 Å². The van der Waals surface area contributed by atoms with E-state index in [0.29, 0.717) is 11.7 Å². The Bertz CT molecular complexity index is 682. The van der Waals surface area contributed by atoms with Crippen molar-refractivity contribution < 1.29 is 0 Å². The molecule has 0 aliphatic heterocycles. The first-order chi connectivity index (χ1) is 10.6. The lowest BCUT2D eigenvalue weighted by Gasteiger charge is -2.25. The summed E-state index contributed by atoms with van der Waals surface area (Å²) in [4.78, 5) is 6.07. The molecule has 0 N–H and O–H groups in total. The predicted octanol–water partition coefficient (Wildman–Crippen LogP) is 4.51. The third-order valence-electron chi connectivity index (χ3n) is 3.26. The minimum Gasteiger partial charge on any atom is -0.316 e. The van der Waals surface area contributed by atoms with E-state index >= 15 is 0 Å². The van der Waals surface area contributed by atoms with Crippen LogP contribution < -0.4 is 4.90 Å². The van der Waals surface area contributed by atoms with Crippen molar-refractivity contribution in [1.29, 1.82) is 5.26 Å². The zero-order chi connectivity index (χ0) is 15.9. The minimum atomic E-state index is 0.686. The number of aryl methyl sites for hydroxylation is 2. The molecule has 0 radical (unpaired) electrons. The van der Waals surface area contributed by atoms with Crippen LogP contribution in [-0.4, -0.2) is 11.4 Å². The number of anilines is 1. The van der Waals surface area contributed by atoms with Crippen LogP contribution in [0.3, 0.4) is 0 Å². The van der Waals surface area contributed by atoms with Crippen molar-refractivity contribution in [3.05, 3.63) is 65.2 Å². The van der Waals surface area contributed by atoms with Crippen molar-refractivity contribution in [2.24, 2.45) is 4.99 Å². The van der Waals surface area contributed by atoms with Gasteiger partial charge in [0.1, 0.15) is 0 Å². The van der Waals surface area contributed by atoms with Gasteiger partial charge in [0, 0.05) is 5.69 Å². The highest BCUT2D eigenvalue weighted by atomic mass is 32.2. The summed E-state index contributed by atoms with van der Waals surface area (Å²) in [5.74, 6) is 0. The summed E-state index contributed by atoms with van der Waals surface area (Å²) in [6, 6.07) is 16.6. The lowest BCUT2D eigenvalue weighted by atomic mass is 10.1. The van der Waals surface area contributed by atoms with Gasteiger partial charge in [-0.1, -0.05) is 48.2 Å². The van der Waals surface area contributed by atoms with E-state index in [4.69, 9.17) is 5.26 Å². The van der Waals surface area contributed by atoms with Gasteiger partial charge in [-0.3, -0.25) is 0 Å². The molecule has 2 rings (SSSR count). The van der Waals surface area contributed by atoms with Crippen LogP contribution in [0.25, 0.3) is 0 Å². The average Bonchev–Trinajstić information content (AvgIpc) is 2.50. The number of rotatable bonds is 3. The highest BCUT2D eigenvalue weighted by Crippen LogP contribution is 2.24. The third kappa shape index (κ3) is 4.12. The molecule has 2 aromatic rings. The molecule has 0 saturated carbocycles. The Balaban J connectivity index is 2.45. The Morgan fingerprint density at radius 2 is 1.77 bits per heavy atom. The first kappa shape index (κ1) is 16.1. The summed E-state index contributed by atoms with van der Waals surface area (Å²) in [7, 11) is 0. The zero-order valence-electron chi connectivity index (χ0n) is 13.1. The minimum absolute atomic E-state index is 0.686. The molecule has 22 heavy (non-hydrogen) atoms. The van der Waals surface area contributed by atoms with Crippen LogP contribution in [0.15, 0.2) is 53.5 Å². The number of thioether (sulfide) groups is 1. The lowest BCUT2D eigenvalue weighted by molar-refractivity contribution is 1.01. The van der Waals surface area contributed by atoms with Crippen molar-refractivity contribution in [2.45, 2.75) is 20.4 Å². The highest BCUT2D eigenvalue weighted by Gasteiger charge is 2.14. The van der Waals surface area contributed by atoms with E-state index in [1.165, 1.54) is 28.5 Å². The highest BCUT2D eigenvalue weighted by molar-refractivity contribution is 8.13. The summed E-state index contributed by atoms with van der Waals surface area (Å²) in [5, 5.41) is 9.67. The number of nitrogens with zero attached hydrogens (tertiary/aromatic N) is 3. The summed E-state index contributed by atoms with van der Waals surface area (Å²) < 4.78 is 0. The lowest BCUT2D eigenvalue weighted by Crippen LogP contribution is -2.28. The Labute approximate surface area is 136 Å². The monoisotopic (exact) mass is 309 g/mol. The van der Waals surface area contributed by atoms with Gasteiger partial charge in [0.05, 0.1) is 6.54 Å². The zero-order valence-corrected chi connectivity index (χ0v) is 13.9. The topological polar surface area (TPSA) is 39.4 Å². The van der Waals surface area contributed by atoms with Gasteiger partial charge in [0.25, 0.3) is 0 Å². The molecule has 2 aromatic carbocycles. The molecule has 0 fully saturated rings. The second-order valence-corrected chi connectivity index (χ2v) is 5.89. The second-order valence-electron chi connectivity index (χ2n) is 5.12. The normalized spacial score (nSPS) is 11.1. The van der Waals surface area contributed by atoms with Gasteiger partial charge in [-0.25, -0.2) is 0 Å². The molecule has 0 bridgehead atoms. The van der Waals surface area contributed by atoms with E-state index in [1.807, 2.05) is 30.6 Å².